The highest BCUT2D eigenvalue weighted by molar-refractivity contribution is 5.56. The van der Waals surface area contributed by atoms with Crippen molar-refractivity contribution >= 4 is 0 Å². The number of nitrogens with zero attached hydrogens (tertiary/aromatic N) is 2. The lowest BCUT2D eigenvalue weighted by Crippen LogP contribution is -2.40. The van der Waals surface area contributed by atoms with Gasteiger partial charge in [0.05, 0.1) is 19.0 Å². The molecule has 0 radical (unpaired) electrons. The molecule has 1 aromatic carbocycles. The number of rotatable bonds is 9. The predicted octanol–water partition coefficient (Wildman–Crippen LogP) is 4.90. The summed E-state index contributed by atoms with van der Waals surface area (Å²) in [7, 11) is 0. The Morgan fingerprint density at radius 3 is 2.15 bits per heavy atom. The molecule has 1 aromatic heterocycles. The third-order valence-electron chi connectivity index (χ3n) is 3.30. The van der Waals surface area contributed by atoms with Gasteiger partial charge in [-0.15, -0.1) is 0 Å². The van der Waals surface area contributed by atoms with Crippen molar-refractivity contribution in [2.75, 3.05) is 6.61 Å². The lowest BCUT2D eigenvalue weighted by atomic mass is 10.2. The summed E-state index contributed by atoms with van der Waals surface area (Å²) >= 11 is 0. The fourth-order valence-corrected chi connectivity index (χ4v) is 1.91. The lowest BCUT2D eigenvalue weighted by Gasteiger charge is -2.20. The number of alkyl halides is 5. The summed E-state index contributed by atoms with van der Waals surface area (Å²) in [4.78, 5) is 8.20. The van der Waals surface area contributed by atoms with Gasteiger partial charge in [0.15, 0.2) is 11.6 Å². The number of unbranched alkanes of at least 4 members (excludes halogenated alkanes) is 1. The van der Waals surface area contributed by atoms with Gasteiger partial charge in [-0.2, -0.15) is 8.78 Å². The minimum absolute atomic E-state index is 0.308. The summed E-state index contributed by atoms with van der Waals surface area (Å²) in [5.41, 5.74) is 0.478. The van der Waals surface area contributed by atoms with Crippen molar-refractivity contribution in [1.29, 1.82) is 0 Å². The molecule has 4 nitrogen and oxygen atoms in total. The van der Waals surface area contributed by atoms with Crippen molar-refractivity contribution < 1.29 is 31.4 Å². The zero-order valence-corrected chi connectivity index (χ0v) is 13.8. The zero-order valence-electron chi connectivity index (χ0n) is 13.8. The molecule has 142 valence electrons. The quantitative estimate of drug-likeness (QED) is 0.461. The fraction of sp³-hybridized carbons (Fsp3) is 0.412. The Morgan fingerprint density at radius 1 is 1.00 bits per heavy atom. The van der Waals surface area contributed by atoms with E-state index in [1.807, 2.05) is 6.92 Å². The Bertz CT molecular complexity index is 681. The van der Waals surface area contributed by atoms with Crippen LogP contribution in [0.3, 0.4) is 0 Å². The maximum atomic E-state index is 13.2. The van der Waals surface area contributed by atoms with Gasteiger partial charge in [0.25, 0.3) is 12.6 Å². The van der Waals surface area contributed by atoms with E-state index in [9.17, 15) is 22.0 Å². The molecule has 1 atom stereocenters. The molecule has 2 aromatic rings. The van der Waals surface area contributed by atoms with Crippen molar-refractivity contribution in [1.82, 2.24) is 9.97 Å². The first-order valence-corrected chi connectivity index (χ1v) is 7.88. The van der Waals surface area contributed by atoms with Gasteiger partial charge >= 0.3 is 6.11 Å². The third-order valence-corrected chi connectivity index (χ3v) is 3.30. The van der Waals surface area contributed by atoms with Crippen LogP contribution in [0.15, 0.2) is 36.7 Å². The predicted molar refractivity (Wildman–Crippen MR) is 84.3 cm³/mol. The van der Waals surface area contributed by atoms with Crippen LogP contribution in [0.25, 0.3) is 11.4 Å². The first-order valence-electron chi connectivity index (χ1n) is 7.88. The fourth-order valence-electron chi connectivity index (χ4n) is 1.91. The standard InChI is InChI=1S/C17H17F5N2O2/c1-2-3-8-25-13-9-23-16(24-10-13)11-4-6-12(7-5-11)26-17(21,22)14(18)15(19)20/h4-7,9-10,14-15H,2-3,8H2,1H3. The number of hydrogen-bond acceptors (Lipinski definition) is 4. The van der Waals surface area contributed by atoms with E-state index in [-0.39, 0.29) is 0 Å². The van der Waals surface area contributed by atoms with E-state index in [0.29, 0.717) is 23.7 Å². The van der Waals surface area contributed by atoms with E-state index in [2.05, 4.69) is 14.7 Å². The molecule has 0 bridgehead atoms. The van der Waals surface area contributed by atoms with E-state index in [1.54, 1.807) is 0 Å². The normalized spacial score (nSPS) is 12.9. The van der Waals surface area contributed by atoms with Crippen LogP contribution in [-0.4, -0.2) is 35.3 Å². The lowest BCUT2D eigenvalue weighted by molar-refractivity contribution is -0.244. The highest BCUT2D eigenvalue weighted by Gasteiger charge is 2.49. The number of hydrogen-bond donors (Lipinski definition) is 0. The first-order chi connectivity index (χ1) is 12.3. The summed E-state index contributed by atoms with van der Waals surface area (Å²) in [5.74, 6) is 0.353. The molecule has 0 spiro atoms. The summed E-state index contributed by atoms with van der Waals surface area (Å²) in [6.45, 7) is 2.58. The Morgan fingerprint density at radius 2 is 1.62 bits per heavy atom. The average molecular weight is 376 g/mol. The van der Waals surface area contributed by atoms with Gasteiger partial charge < -0.3 is 9.47 Å². The molecule has 0 aliphatic carbocycles. The van der Waals surface area contributed by atoms with Gasteiger partial charge in [-0.25, -0.2) is 23.1 Å². The first kappa shape index (κ1) is 19.9. The van der Waals surface area contributed by atoms with Gasteiger partial charge in [0, 0.05) is 5.56 Å². The smallest absolute Gasteiger partial charge is 0.435 e. The molecule has 0 saturated heterocycles. The molecule has 1 heterocycles. The molecular weight excluding hydrogens is 359 g/mol. The molecule has 0 N–H and O–H groups in total. The Balaban J connectivity index is 2.03. The zero-order chi connectivity index (χ0) is 19.2. The molecule has 9 heteroatoms. The number of halogens is 5. The summed E-state index contributed by atoms with van der Waals surface area (Å²) in [5, 5.41) is 0. The summed E-state index contributed by atoms with van der Waals surface area (Å²) in [6, 6.07) is 4.90. The highest BCUT2D eigenvalue weighted by Crippen LogP contribution is 2.31. The second-order valence-electron chi connectivity index (χ2n) is 5.37. The third kappa shape index (κ3) is 5.27. The average Bonchev–Trinajstić information content (AvgIpc) is 2.62. The van der Waals surface area contributed by atoms with Gasteiger partial charge in [0.2, 0.25) is 0 Å². The topological polar surface area (TPSA) is 44.2 Å². The van der Waals surface area contributed by atoms with Crippen LogP contribution in [0.2, 0.25) is 0 Å². The highest BCUT2D eigenvalue weighted by atomic mass is 19.3. The van der Waals surface area contributed by atoms with E-state index in [1.165, 1.54) is 24.5 Å². The van der Waals surface area contributed by atoms with E-state index in [4.69, 9.17) is 4.74 Å². The Hall–Kier alpha value is -2.45. The molecule has 0 amide bonds. The van der Waals surface area contributed by atoms with Crippen molar-refractivity contribution in [3.63, 3.8) is 0 Å². The van der Waals surface area contributed by atoms with E-state index in [0.717, 1.165) is 25.0 Å². The van der Waals surface area contributed by atoms with Crippen molar-refractivity contribution in [2.24, 2.45) is 0 Å². The largest absolute Gasteiger partial charge is 0.490 e. The Kier molecular flexibility index (Phi) is 6.70. The van der Waals surface area contributed by atoms with Gasteiger partial charge in [0.1, 0.15) is 5.75 Å². The van der Waals surface area contributed by atoms with Crippen LogP contribution in [0.1, 0.15) is 19.8 Å². The maximum Gasteiger partial charge on any atom is 0.435 e. The molecule has 2 rings (SSSR count). The number of aromatic nitrogens is 2. The Labute approximate surface area is 147 Å². The molecule has 1 unspecified atom stereocenters. The van der Waals surface area contributed by atoms with Crippen molar-refractivity contribution in [3.8, 4) is 22.9 Å². The van der Waals surface area contributed by atoms with Gasteiger partial charge in [-0.05, 0) is 30.7 Å². The molecule has 0 aliphatic rings. The van der Waals surface area contributed by atoms with Crippen molar-refractivity contribution in [3.05, 3.63) is 36.7 Å². The SMILES string of the molecule is CCCCOc1cnc(-c2ccc(OC(F)(F)C(F)C(F)F)cc2)nc1. The van der Waals surface area contributed by atoms with Crippen LogP contribution in [0.5, 0.6) is 11.5 Å². The molecule has 0 saturated carbocycles. The summed E-state index contributed by atoms with van der Waals surface area (Å²) in [6.07, 6.45) is -7.35. The van der Waals surface area contributed by atoms with Crippen LogP contribution >= 0.6 is 0 Å². The summed E-state index contributed by atoms with van der Waals surface area (Å²) < 4.78 is 72.9. The minimum atomic E-state index is -4.64. The van der Waals surface area contributed by atoms with Crippen LogP contribution < -0.4 is 9.47 Å². The maximum absolute atomic E-state index is 13.2. The van der Waals surface area contributed by atoms with Crippen molar-refractivity contribution in [2.45, 2.75) is 38.5 Å². The van der Waals surface area contributed by atoms with Crippen LogP contribution in [0.4, 0.5) is 22.0 Å². The molecular formula is C17H17F5N2O2. The van der Waals surface area contributed by atoms with Crippen LogP contribution in [0, 0.1) is 0 Å². The number of ether oxygens (including phenoxy) is 2. The molecule has 26 heavy (non-hydrogen) atoms. The monoisotopic (exact) mass is 376 g/mol. The van der Waals surface area contributed by atoms with E-state index < -0.39 is 24.5 Å². The second kappa shape index (κ2) is 8.77. The second-order valence-corrected chi connectivity index (χ2v) is 5.37. The minimum Gasteiger partial charge on any atom is -0.490 e. The number of benzene rings is 1. The van der Waals surface area contributed by atoms with Crippen LogP contribution in [-0.2, 0) is 0 Å². The van der Waals surface area contributed by atoms with Gasteiger partial charge in [-0.1, -0.05) is 13.3 Å². The molecule has 0 aliphatic heterocycles. The van der Waals surface area contributed by atoms with Gasteiger partial charge in [-0.3, -0.25) is 0 Å². The van der Waals surface area contributed by atoms with E-state index >= 15 is 0 Å². The molecule has 0 fully saturated rings.